The van der Waals surface area contributed by atoms with Crippen LogP contribution in [0.25, 0.3) is 0 Å². The van der Waals surface area contributed by atoms with Gasteiger partial charge in [0.1, 0.15) is 0 Å². The van der Waals surface area contributed by atoms with E-state index in [2.05, 4.69) is 51.1 Å². The van der Waals surface area contributed by atoms with Gasteiger partial charge in [0.05, 0.1) is 0 Å². The monoisotopic (exact) mass is 229 g/mol. The van der Waals surface area contributed by atoms with Gasteiger partial charge in [-0.1, -0.05) is 55.3 Å². The van der Waals surface area contributed by atoms with Gasteiger partial charge in [-0.05, 0) is 37.2 Å². The molecule has 1 unspecified atom stereocenters. The summed E-state index contributed by atoms with van der Waals surface area (Å²) in [4.78, 5) is 0. The van der Waals surface area contributed by atoms with Gasteiger partial charge in [-0.3, -0.25) is 0 Å². The number of aryl methyl sites for hydroxylation is 1. The highest BCUT2D eigenvalue weighted by molar-refractivity contribution is 5.27. The van der Waals surface area contributed by atoms with Crippen molar-refractivity contribution in [1.29, 1.82) is 0 Å². The van der Waals surface area contributed by atoms with Crippen molar-refractivity contribution in [3.05, 3.63) is 47.0 Å². The lowest BCUT2D eigenvalue weighted by atomic mass is 9.74. The maximum absolute atomic E-state index is 6.10. The topological polar surface area (TPSA) is 26.0 Å². The molecule has 1 aromatic carbocycles. The summed E-state index contributed by atoms with van der Waals surface area (Å²) in [5.41, 5.74) is 10.7. The predicted molar refractivity (Wildman–Crippen MR) is 74.0 cm³/mol. The van der Waals surface area contributed by atoms with Crippen LogP contribution in [0.2, 0.25) is 0 Å². The first-order chi connectivity index (χ1) is 7.94. The molecule has 17 heavy (non-hydrogen) atoms. The van der Waals surface area contributed by atoms with Gasteiger partial charge in [0.15, 0.2) is 0 Å². The first kappa shape index (κ1) is 12.4. The Balaban J connectivity index is 2.11. The first-order valence-corrected chi connectivity index (χ1v) is 6.45. The summed E-state index contributed by atoms with van der Waals surface area (Å²) < 4.78 is 0. The quantitative estimate of drug-likeness (QED) is 0.770. The van der Waals surface area contributed by atoms with Crippen molar-refractivity contribution in [2.24, 2.45) is 11.1 Å². The minimum atomic E-state index is 0.235. The van der Waals surface area contributed by atoms with Crippen LogP contribution in [0.4, 0.5) is 0 Å². The summed E-state index contributed by atoms with van der Waals surface area (Å²) in [6.07, 6.45) is 5.60. The third kappa shape index (κ3) is 3.44. The van der Waals surface area contributed by atoms with Crippen LogP contribution >= 0.6 is 0 Å². The van der Waals surface area contributed by atoms with E-state index in [1.54, 1.807) is 0 Å². The number of benzene rings is 1. The molecule has 0 fully saturated rings. The van der Waals surface area contributed by atoms with Crippen LogP contribution in [0, 0.1) is 12.3 Å². The molecule has 92 valence electrons. The highest BCUT2D eigenvalue weighted by Gasteiger charge is 2.26. The molecule has 1 aliphatic carbocycles. The molecular formula is C16H23N. The Hall–Kier alpha value is -1.08. The summed E-state index contributed by atoms with van der Waals surface area (Å²) in [6.45, 7) is 6.76. The number of nitrogens with two attached hydrogens (primary N) is 1. The highest BCUT2D eigenvalue weighted by Crippen LogP contribution is 2.35. The molecule has 0 aliphatic heterocycles. The van der Waals surface area contributed by atoms with Crippen molar-refractivity contribution in [3.8, 4) is 0 Å². The summed E-state index contributed by atoms with van der Waals surface area (Å²) >= 11 is 0. The Morgan fingerprint density at radius 2 is 1.88 bits per heavy atom. The zero-order valence-electron chi connectivity index (χ0n) is 11.2. The summed E-state index contributed by atoms with van der Waals surface area (Å²) in [5, 5.41) is 0. The molecule has 0 saturated heterocycles. The average Bonchev–Trinajstić information content (AvgIpc) is 2.18. The van der Waals surface area contributed by atoms with Crippen LogP contribution in [0.1, 0.15) is 37.8 Å². The first-order valence-electron chi connectivity index (χ1n) is 6.45. The van der Waals surface area contributed by atoms with E-state index in [9.17, 15) is 0 Å². The van der Waals surface area contributed by atoms with E-state index in [0.29, 0.717) is 5.41 Å². The molecule has 1 aromatic rings. The number of hydrogen-bond acceptors (Lipinski definition) is 1. The van der Waals surface area contributed by atoms with Crippen LogP contribution in [0.3, 0.4) is 0 Å². The summed E-state index contributed by atoms with van der Waals surface area (Å²) in [6, 6.07) is 9.05. The molecule has 2 rings (SSSR count). The molecule has 0 bridgehead atoms. The van der Waals surface area contributed by atoms with Gasteiger partial charge < -0.3 is 5.73 Å². The Morgan fingerprint density at radius 3 is 2.47 bits per heavy atom. The summed E-state index contributed by atoms with van der Waals surface area (Å²) in [5.74, 6) is 0. The van der Waals surface area contributed by atoms with E-state index in [1.165, 1.54) is 23.1 Å². The van der Waals surface area contributed by atoms with Crippen molar-refractivity contribution in [3.63, 3.8) is 0 Å². The van der Waals surface area contributed by atoms with Gasteiger partial charge in [0, 0.05) is 6.04 Å². The molecule has 0 amide bonds. The smallest absolute Gasteiger partial charge is 0.0231 e. The van der Waals surface area contributed by atoms with Crippen molar-refractivity contribution >= 4 is 0 Å². The Morgan fingerprint density at radius 1 is 1.24 bits per heavy atom. The van der Waals surface area contributed by atoms with Crippen LogP contribution in [-0.2, 0) is 6.42 Å². The van der Waals surface area contributed by atoms with Crippen molar-refractivity contribution < 1.29 is 0 Å². The fraction of sp³-hybridized carbons (Fsp3) is 0.500. The lowest BCUT2D eigenvalue weighted by Crippen LogP contribution is -2.31. The van der Waals surface area contributed by atoms with Gasteiger partial charge in [0.2, 0.25) is 0 Å². The Kier molecular flexibility index (Phi) is 3.39. The van der Waals surface area contributed by atoms with Crippen molar-refractivity contribution in [1.82, 2.24) is 0 Å². The molecule has 1 aliphatic rings. The Labute approximate surface area is 105 Å². The molecule has 1 heteroatoms. The van der Waals surface area contributed by atoms with E-state index in [4.69, 9.17) is 5.73 Å². The van der Waals surface area contributed by atoms with Gasteiger partial charge in [-0.25, -0.2) is 0 Å². The maximum atomic E-state index is 6.10. The molecule has 1 atom stereocenters. The second kappa shape index (κ2) is 4.66. The largest absolute Gasteiger partial charge is 0.324 e. The van der Waals surface area contributed by atoms with E-state index in [0.717, 1.165) is 12.8 Å². The molecule has 2 N–H and O–H groups in total. The molecule has 0 spiro atoms. The molecule has 0 saturated carbocycles. The zero-order chi connectivity index (χ0) is 12.5. The molecule has 0 radical (unpaired) electrons. The second-order valence-electron chi connectivity index (χ2n) is 6.20. The third-order valence-corrected chi connectivity index (χ3v) is 3.50. The lowest BCUT2D eigenvalue weighted by Gasteiger charge is -2.33. The minimum Gasteiger partial charge on any atom is -0.324 e. The van der Waals surface area contributed by atoms with Crippen LogP contribution in [0.5, 0.6) is 0 Å². The number of hydrogen-bond donors (Lipinski definition) is 1. The fourth-order valence-corrected chi connectivity index (χ4v) is 2.84. The van der Waals surface area contributed by atoms with Gasteiger partial charge >= 0.3 is 0 Å². The Bertz CT molecular complexity index is 412. The number of rotatable bonds is 2. The van der Waals surface area contributed by atoms with E-state index in [-0.39, 0.29) is 6.04 Å². The normalized spacial score (nSPS) is 23.3. The van der Waals surface area contributed by atoms with Gasteiger partial charge in [0.25, 0.3) is 0 Å². The molecule has 1 nitrogen and oxygen atoms in total. The maximum Gasteiger partial charge on any atom is 0.0231 e. The second-order valence-corrected chi connectivity index (χ2v) is 6.20. The van der Waals surface area contributed by atoms with Crippen LogP contribution < -0.4 is 5.73 Å². The van der Waals surface area contributed by atoms with E-state index < -0.39 is 0 Å². The number of allylic oxidation sites excluding steroid dienone is 1. The molecule has 0 aromatic heterocycles. The molecule has 0 heterocycles. The van der Waals surface area contributed by atoms with Gasteiger partial charge in [-0.2, -0.15) is 0 Å². The standard InChI is InChI=1S/C16H23N/c1-12-4-6-13(7-5-12)8-14-9-15(17)11-16(2,3)10-14/h4-7,9,15H,8,10-11,17H2,1-3H3. The van der Waals surface area contributed by atoms with Gasteiger partial charge in [-0.15, -0.1) is 0 Å². The highest BCUT2D eigenvalue weighted by atomic mass is 14.6. The van der Waals surface area contributed by atoms with E-state index >= 15 is 0 Å². The van der Waals surface area contributed by atoms with E-state index in [1.807, 2.05) is 0 Å². The SMILES string of the molecule is Cc1ccc(CC2=CC(N)CC(C)(C)C2)cc1. The van der Waals surface area contributed by atoms with Crippen LogP contribution in [-0.4, -0.2) is 6.04 Å². The summed E-state index contributed by atoms with van der Waals surface area (Å²) in [7, 11) is 0. The average molecular weight is 229 g/mol. The third-order valence-electron chi connectivity index (χ3n) is 3.50. The van der Waals surface area contributed by atoms with Crippen molar-refractivity contribution in [2.75, 3.05) is 0 Å². The fourth-order valence-electron chi connectivity index (χ4n) is 2.84. The van der Waals surface area contributed by atoms with Crippen LogP contribution in [0.15, 0.2) is 35.9 Å². The zero-order valence-corrected chi connectivity index (χ0v) is 11.2. The van der Waals surface area contributed by atoms with Crippen molar-refractivity contribution in [2.45, 2.75) is 46.1 Å². The minimum absolute atomic E-state index is 0.235. The predicted octanol–water partition coefficient (Wildman–Crippen LogP) is 3.61. The molecular weight excluding hydrogens is 206 g/mol. The lowest BCUT2D eigenvalue weighted by molar-refractivity contribution is 0.299.